The SMILES string of the molecule is CCCCc1nc2c(C)cc(-c3nc4ccccc4[nH]3)cc2n1Cc1ccc(-c2ccccc2OC(=O)O)cc1. The topological polar surface area (TPSA) is 93.0 Å². The minimum atomic E-state index is -1.33. The zero-order valence-corrected chi connectivity index (χ0v) is 22.5. The molecule has 0 amide bonds. The monoisotopic (exact) mass is 530 g/mol. The Hall–Kier alpha value is -4.91. The van der Waals surface area contributed by atoms with E-state index < -0.39 is 6.16 Å². The number of aromatic amines is 1. The minimum absolute atomic E-state index is 0.318. The van der Waals surface area contributed by atoms with Crippen LogP contribution >= 0.6 is 0 Å². The van der Waals surface area contributed by atoms with E-state index in [1.54, 1.807) is 12.1 Å². The summed E-state index contributed by atoms with van der Waals surface area (Å²) < 4.78 is 7.31. The smallest absolute Gasteiger partial charge is 0.449 e. The lowest BCUT2D eigenvalue weighted by molar-refractivity contribution is 0.144. The Kier molecular flexibility index (Phi) is 6.78. The molecule has 200 valence electrons. The lowest BCUT2D eigenvalue weighted by atomic mass is 10.0. The highest BCUT2D eigenvalue weighted by Gasteiger charge is 2.16. The van der Waals surface area contributed by atoms with Gasteiger partial charge in [0.25, 0.3) is 0 Å². The molecule has 2 N–H and O–H groups in total. The summed E-state index contributed by atoms with van der Waals surface area (Å²) in [6, 6.07) is 27.8. The summed E-state index contributed by atoms with van der Waals surface area (Å²) in [7, 11) is 0. The van der Waals surface area contributed by atoms with Crippen molar-refractivity contribution in [2.75, 3.05) is 0 Å². The lowest BCUT2D eigenvalue weighted by Crippen LogP contribution is -2.06. The Labute approximate surface area is 232 Å². The van der Waals surface area contributed by atoms with Crippen molar-refractivity contribution < 1.29 is 14.6 Å². The molecule has 2 aromatic heterocycles. The van der Waals surface area contributed by atoms with Crippen molar-refractivity contribution >= 4 is 28.2 Å². The number of benzene rings is 4. The van der Waals surface area contributed by atoms with E-state index in [0.717, 1.165) is 80.8 Å². The van der Waals surface area contributed by atoms with Gasteiger partial charge in [-0.05, 0) is 60.4 Å². The molecule has 0 aliphatic carbocycles. The minimum Gasteiger partial charge on any atom is -0.449 e. The molecule has 0 fully saturated rings. The van der Waals surface area contributed by atoms with Gasteiger partial charge in [-0.25, -0.2) is 14.8 Å². The third-order valence-corrected chi connectivity index (χ3v) is 7.23. The number of aromatic nitrogens is 4. The summed E-state index contributed by atoms with van der Waals surface area (Å²) in [5, 5.41) is 9.11. The highest BCUT2D eigenvalue weighted by atomic mass is 16.7. The average Bonchev–Trinajstić information content (AvgIpc) is 3.54. The number of nitrogens with zero attached hydrogens (tertiary/aromatic N) is 3. The van der Waals surface area contributed by atoms with Gasteiger partial charge in [0.05, 0.1) is 22.1 Å². The first-order valence-electron chi connectivity index (χ1n) is 13.5. The molecule has 0 atom stereocenters. The van der Waals surface area contributed by atoms with Gasteiger partial charge in [-0.3, -0.25) is 0 Å². The second-order valence-electron chi connectivity index (χ2n) is 10.0. The molecular weight excluding hydrogens is 500 g/mol. The van der Waals surface area contributed by atoms with Gasteiger partial charge in [-0.2, -0.15) is 0 Å². The molecule has 2 heterocycles. The Balaban J connectivity index is 1.38. The van der Waals surface area contributed by atoms with Crippen molar-refractivity contribution in [3.8, 4) is 28.3 Å². The molecule has 7 nitrogen and oxygen atoms in total. The zero-order valence-electron chi connectivity index (χ0n) is 22.5. The normalized spacial score (nSPS) is 11.3. The van der Waals surface area contributed by atoms with Crippen LogP contribution in [0.5, 0.6) is 5.75 Å². The van der Waals surface area contributed by atoms with Crippen molar-refractivity contribution in [1.82, 2.24) is 19.5 Å². The lowest BCUT2D eigenvalue weighted by Gasteiger charge is -2.12. The molecule has 0 saturated carbocycles. The van der Waals surface area contributed by atoms with E-state index in [4.69, 9.17) is 19.8 Å². The number of hydrogen-bond donors (Lipinski definition) is 2. The van der Waals surface area contributed by atoms with Crippen molar-refractivity contribution in [3.05, 3.63) is 102 Å². The molecule has 0 saturated heterocycles. The van der Waals surface area contributed by atoms with E-state index in [2.05, 4.69) is 47.7 Å². The summed E-state index contributed by atoms with van der Waals surface area (Å²) >= 11 is 0. The number of carboxylic acid groups (broad SMARTS) is 1. The number of ether oxygens (including phenoxy) is 1. The average molecular weight is 531 g/mol. The number of carbonyl (C=O) groups is 1. The van der Waals surface area contributed by atoms with Crippen LogP contribution in [-0.2, 0) is 13.0 Å². The van der Waals surface area contributed by atoms with Crippen LogP contribution in [0.3, 0.4) is 0 Å². The van der Waals surface area contributed by atoms with Gasteiger partial charge >= 0.3 is 6.16 Å². The van der Waals surface area contributed by atoms with Gasteiger partial charge < -0.3 is 19.4 Å². The van der Waals surface area contributed by atoms with Gasteiger partial charge in [0.2, 0.25) is 0 Å². The number of rotatable bonds is 8. The molecule has 0 bridgehead atoms. The number of H-pyrrole nitrogens is 1. The van der Waals surface area contributed by atoms with Crippen molar-refractivity contribution in [2.24, 2.45) is 0 Å². The highest BCUT2D eigenvalue weighted by Crippen LogP contribution is 2.32. The van der Waals surface area contributed by atoms with E-state index in [-0.39, 0.29) is 0 Å². The van der Waals surface area contributed by atoms with Crippen molar-refractivity contribution in [3.63, 3.8) is 0 Å². The van der Waals surface area contributed by atoms with Crippen LogP contribution in [0.4, 0.5) is 4.79 Å². The third kappa shape index (κ3) is 4.94. The number of fused-ring (bicyclic) bond motifs is 2. The Morgan fingerprint density at radius 1 is 0.950 bits per heavy atom. The summed E-state index contributed by atoms with van der Waals surface area (Å²) in [5.74, 6) is 2.24. The van der Waals surface area contributed by atoms with Crippen LogP contribution in [0.25, 0.3) is 44.6 Å². The maximum Gasteiger partial charge on any atom is 0.511 e. The molecule has 40 heavy (non-hydrogen) atoms. The van der Waals surface area contributed by atoms with Crippen LogP contribution in [0.1, 0.15) is 36.7 Å². The summed E-state index contributed by atoms with van der Waals surface area (Å²) in [6.45, 7) is 4.98. The number of imidazole rings is 2. The van der Waals surface area contributed by atoms with Gasteiger partial charge in [0.15, 0.2) is 0 Å². The van der Waals surface area contributed by atoms with Crippen LogP contribution in [0.2, 0.25) is 0 Å². The largest absolute Gasteiger partial charge is 0.511 e. The zero-order chi connectivity index (χ0) is 27.6. The van der Waals surface area contributed by atoms with Crippen LogP contribution in [0.15, 0.2) is 84.9 Å². The third-order valence-electron chi connectivity index (χ3n) is 7.23. The van der Waals surface area contributed by atoms with Crippen molar-refractivity contribution in [1.29, 1.82) is 0 Å². The van der Waals surface area contributed by atoms with Crippen LogP contribution in [0, 0.1) is 6.92 Å². The van der Waals surface area contributed by atoms with E-state index in [0.29, 0.717) is 12.3 Å². The molecule has 0 spiro atoms. The predicted molar refractivity (Wildman–Crippen MR) is 158 cm³/mol. The molecular formula is C33H30N4O3. The summed E-state index contributed by atoms with van der Waals surface area (Å²) in [5.41, 5.74) is 8.98. The molecule has 4 aromatic carbocycles. The standard InChI is InChI=1S/C33H30N4O3/c1-3-4-13-30-36-31-21(2)18-24(32-34-26-10-6-7-11-27(26)35-32)19-28(31)37(30)20-22-14-16-23(17-15-22)25-9-5-8-12-29(25)40-33(38)39/h5-12,14-19H,3-4,13,20H2,1-2H3,(H,34,35)(H,38,39). The second kappa shape index (κ2) is 10.7. The number of nitrogens with one attached hydrogen (secondary N) is 1. The molecule has 6 rings (SSSR count). The van der Waals surface area contributed by atoms with E-state index >= 15 is 0 Å². The quantitative estimate of drug-likeness (QED) is 0.154. The number of unbranched alkanes of at least 4 members (excludes halogenated alkanes) is 1. The van der Waals surface area contributed by atoms with Crippen LogP contribution < -0.4 is 4.74 Å². The molecule has 0 radical (unpaired) electrons. The molecule has 7 heteroatoms. The first kappa shape index (κ1) is 25.4. The fourth-order valence-electron chi connectivity index (χ4n) is 5.23. The fraction of sp³-hybridized carbons (Fsp3) is 0.182. The van der Waals surface area contributed by atoms with Gasteiger partial charge in [0.1, 0.15) is 17.4 Å². The predicted octanol–water partition coefficient (Wildman–Crippen LogP) is 8.00. The van der Waals surface area contributed by atoms with E-state index in [1.807, 2.05) is 48.5 Å². The van der Waals surface area contributed by atoms with Gasteiger partial charge in [-0.15, -0.1) is 0 Å². The maximum atomic E-state index is 11.1. The summed E-state index contributed by atoms with van der Waals surface area (Å²) in [4.78, 5) is 24.5. The van der Waals surface area contributed by atoms with Crippen LogP contribution in [-0.4, -0.2) is 30.8 Å². The van der Waals surface area contributed by atoms with E-state index in [9.17, 15) is 4.79 Å². The maximum absolute atomic E-state index is 11.1. The Morgan fingerprint density at radius 2 is 1.73 bits per heavy atom. The van der Waals surface area contributed by atoms with Gasteiger partial charge in [0, 0.05) is 24.1 Å². The first-order chi connectivity index (χ1) is 19.5. The number of hydrogen-bond acceptors (Lipinski definition) is 4. The molecule has 0 aliphatic rings. The first-order valence-corrected chi connectivity index (χ1v) is 13.5. The van der Waals surface area contributed by atoms with Gasteiger partial charge in [-0.1, -0.05) is 67.9 Å². The molecule has 0 aliphatic heterocycles. The van der Waals surface area contributed by atoms with Crippen molar-refractivity contribution in [2.45, 2.75) is 39.7 Å². The van der Waals surface area contributed by atoms with E-state index in [1.165, 1.54) is 0 Å². The summed E-state index contributed by atoms with van der Waals surface area (Å²) in [6.07, 6.45) is 1.74. The second-order valence-corrected chi connectivity index (χ2v) is 10.0. The number of aryl methyl sites for hydroxylation is 2. The Bertz CT molecular complexity index is 1800. The molecule has 6 aromatic rings. The number of para-hydroxylation sites is 3. The Morgan fingerprint density at radius 3 is 2.50 bits per heavy atom. The molecule has 0 unspecified atom stereocenters. The highest BCUT2D eigenvalue weighted by molar-refractivity contribution is 5.87. The fourth-order valence-corrected chi connectivity index (χ4v) is 5.23.